The fraction of sp³-hybridized carbons (Fsp3) is 0.417. The van der Waals surface area contributed by atoms with Crippen LogP contribution in [-0.2, 0) is 6.54 Å². The molecule has 1 aromatic rings. The van der Waals surface area contributed by atoms with E-state index >= 15 is 0 Å². The summed E-state index contributed by atoms with van der Waals surface area (Å²) in [5.74, 6) is -1.30. The molecule has 0 radical (unpaired) electrons. The number of nitriles is 1. The Balaban J connectivity index is 2.10. The summed E-state index contributed by atoms with van der Waals surface area (Å²) in [7, 11) is 0. The van der Waals surface area contributed by atoms with Crippen molar-refractivity contribution in [2.45, 2.75) is 31.8 Å². The Morgan fingerprint density at radius 1 is 1.31 bits per heavy atom. The molecular formula is C12H12F2N2. The standard InChI is InChI=1S/C12H12F2N2/c13-11-4-8(6-15)5-12(14)10(11)7-16-9-2-1-3-9/h4-5,9,16H,1-3,7H2. The van der Waals surface area contributed by atoms with Crippen LogP contribution in [0.2, 0.25) is 0 Å². The summed E-state index contributed by atoms with van der Waals surface area (Å²) in [6, 6.07) is 4.25. The molecule has 16 heavy (non-hydrogen) atoms. The van der Waals surface area contributed by atoms with Gasteiger partial charge < -0.3 is 5.32 Å². The van der Waals surface area contributed by atoms with Gasteiger partial charge in [0.25, 0.3) is 0 Å². The highest BCUT2D eigenvalue weighted by Gasteiger charge is 2.18. The Hall–Kier alpha value is -1.47. The smallest absolute Gasteiger partial charge is 0.131 e. The summed E-state index contributed by atoms with van der Waals surface area (Å²) < 4.78 is 26.9. The van der Waals surface area contributed by atoms with Crippen molar-refractivity contribution >= 4 is 0 Å². The zero-order valence-corrected chi connectivity index (χ0v) is 8.76. The summed E-state index contributed by atoms with van der Waals surface area (Å²) in [6.07, 6.45) is 3.31. The van der Waals surface area contributed by atoms with Crippen LogP contribution in [0.3, 0.4) is 0 Å². The molecule has 0 unspecified atom stereocenters. The second kappa shape index (κ2) is 4.58. The molecule has 0 aromatic heterocycles. The van der Waals surface area contributed by atoms with Crippen molar-refractivity contribution in [3.63, 3.8) is 0 Å². The van der Waals surface area contributed by atoms with Crippen LogP contribution >= 0.6 is 0 Å². The van der Waals surface area contributed by atoms with Crippen LogP contribution in [0.15, 0.2) is 12.1 Å². The molecule has 1 fully saturated rings. The summed E-state index contributed by atoms with van der Waals surface area (Å²) in [6.45, 7) is 0.189. The topological polar surface area (TPSA) is 35.8 Å². The van der Waals surface area contributed by atoms with Gasteiger partial charge in [-0.25, -0.2) is 8.78 Å². The zero-order valence-electron chi connectivity index (χ0n) is 8.76. The number of nitrogens with zero attached hydrogens (tertiary/aromatic N) is 1. The molecule has 2 nitrogen and oxygen atoms in total. The van der Waals surface area contributed by atoms with Crippen molar-refractivity contribution in [2.24, 2.45) is 0 Å². The average molecular weight is 222 g/mol. The second-order valence-electron chi connectivity index (χ2n) is 4.04. The van der Waals surface area contributed by atoms with Crippen LogP contribution in [-0.4, -0.2) is 6.04 Å². The van der Waals surface area contributed by atoms with E-state index < -0.39 is 11.6 Å². The average Bonchev–Trinajstić information content (AvgIpc) is 2.19. The summed E-state index contributed by atoms with van der Waals surface area (Å²) in [4.78, 5) is 0. The number of benzene rings is 1. The van der Waals surface area contributed by atoms with Crippen molar-refractivity contribution in [1.82, 2.24) is 5.32 Å². The van der Waals surface area contributed by atoms with Crippen LogP contribution < -0.4 is 5.32 Å². The minimum Gasteiger partial charge on any atom is -0.310 e. The predicted molar refractivity (Wildman–Crippen MR) is 55.6 cm³/mol. The van der Waals surface area contributed by atoms with Gasteiger partial charge >= 0.3 is 0 Å². The highest BCUT2D eigenvalue weighted by molar-refractivity contribution is 5.34. The van der Waals surface area contributed by atoms with E-state index in [0.717, 1.165) is 25.0 Å². The maximum Gasteiger partial charge on any atom is 0.131 e. The number of hydrogen-bond acceptors (Lipinski definition) is 2. The highest BCUT2D eigenvalue weighted by atomic mass is 19.1. The lowest BCUT2D eigenvalue weighted by Gasteiger charge is -2.26. The van der Waals surface area contributed by atoms with E-state index in [1.807, 2.05) is 0 Å². The molecule has 1 aliphatic rings. The highest BCUT2D eigenvalue weighted by Crippen LogP contribution is 2.20. The van der Waals surface area contributed by atoms with E-state index in [4.69, 9.17) is 5.26 Å². The minimum atomic E-state index is -0.650. The van der Waals surface area contributed by atoms with Crippen molar-refractivity contribution < 1.29 is 8.78 Å². The van der Waals surface area contributed by atoms with Crippen LogP contribution in [0.1, 0.15) is 30.4 Å². The molecule has 0 heterocycles. The molecule has 2 rings (SSSR count). The van der Waals surface area contributed by atoms with Gasteiger partial charge in [-0.1, -0.05) is 6.42 Å². The molecule has 1 aliphatic carbocycles. The molecule has 1 aromatic carbocycles. The molecule has 0 atom stereocenters. The maximum absolute atomic E-state index is 13.4. The van der Waals surface area contributed by atoms with E-state index in [0.29, 0.717) is 6.04 Å². The first kappa shape index (κ1) is 11.0. The van der Waals surface area contributed by atoms with Crippen molar-refractivity contribution in [1.29, 1.82) is 5.26 Å². The Kier molecular flexibility index (Phi) is 3.16. The van der Waals surface area contributed by atoms with E-state index in [1.54, 1.807) is 6.07 Å². The minimum absolute atomic E-state index is 0.0161. The van der Waals surface area contributed by atoms with Crippen molar-refractivity contribution in [3.05, 3.63) is 34.9 Å². The molecule has 0 spiro atoms. The summed E-state index contributed by atoms with van der Waals surface area (Å²) >= 11 is 0. The maximum atomic E-state index is 13.4. The largest absolute Gasteiger partial charge is 0.310 e. The quantitative estimate of drug-likeness (QED) is 0.852. The van der Waals surface area contributed by atoms with Gasteiger partial charge in [-0.3, -0.25) is 0 Å². The van der Waals surface area contributed by atoms with E-state index in [-0.39, 0.29) is 17.7 Å². The third-order valence-corrected chi connectivity index (χ3v) is 2.94. The first-order valence-electron chi connectivity index (χ1n) is 5.32. The SMILES string of the molecule is N#Cc1cc(F)c(CNC2CCC2)c(F)c1. The van der Waals surface area contributed by atoms with Gasteiger partial charge in [0.2, 0.25) is 0 Å². The lowest BCUT2D eigenvalue weighted by atomic mass is 9.93. The molecule has 0 aliphatic heterocycles. The Bertz CT molecular complexity index is 410. The second-order valence-corrected chi connectivity index (χ2v) is 4.04. The Morgan fingerprint density at radius 3 is 2.38 bits per heavy atom. The lowest BCUT2D eigenvalue weighted by Crippen LogP contribution is -2.35. The van der Waals surface area contributed by atoms with Gasteiger partial charge in [0, 0.05) is 18.2 Å². The zero-order chi connectivity index (χ0) is 11.5. The van der Waals surface area contributed by atoms with Crippen LogP contribution in [0.5, 0.6) is 0 Å². The first-order chi connectivity index (χ1) is 7.70. The number of halogens is 2. The van der Waals surface area contributed by atoms with Crippen LogP contribution in [0, 0.1) is 23.0 Å². The summed E-state index contributed by atoms with van der Waals surface area (Å²) in [5.41, 5.74) is 0.0355. The number of hydrogen-bond donors (Lipinski definition) is 1. The van der Waals surface area contributed by atoms with Gasteiger partial charge in [-0.15, -0.1) is 0 Å². The normalized spacial score (nSPS) is 15.6. The first-order valence-corrected chi connectivity index (χ1v) is 5.32. The molecule has 1 saturated carbocycles. The molecule has 1 N–H and O–H groups in total. The molecule has 0 saturated heterocycles. The van der Waals surface area contributed by atoms with E-state index in [2.05, 4.69) is 5.32 Å². The van der Waals surface area contributed by atoms with Crippen molar-refractivity contribution in [2.75, 3.05) is 0 Å². The van der Waals surface area contributed by atoms with Gasteiger partial charge in [-0.05, 0) is 25.0 Å². The molecule has 4 heteroatoms. The number of nitrogens with one attached hydrogen (secondary N) is 1. The Labute approximate surface area is 92.9 Å². The summed E-state index contributed by atoms with van der Waals surface area (Å²) in [5, 5.41) is 11.6. The Morgan fingerprint density at radius 2 is 1.94 bits per heavy atom. The van der Waals surface area contributed by atoms with Crippen LogP contribution in [0.4, 0.5) is 8.78 Å². The van der Waals surface area contributed by atoms with E-state index in [9.17, 15) is 8.78 Å². The lowest BCUT2D eigenvalue weighted by molar-refractivity contribution is 0.334. The van der Waals surface area contributed by atoms with Gasteiger partial charge in [0.05, 0.1) is 11.6 Å². The van der Waals surface area contributed by atoms with E-state index in [1.165, 1.54) is 6.42 Å². The molecule has 0 bridgehead atoms. The fourth-order valence-corrected chi connectivity index (χ4v) is 1.70. The monoisotopic (exact) mass is 222 g/mol. The number of rotatable bonds is 3. The van der Waals surface area contributed by atoms with Gasteiger partial charge in [-0.2, -0.15) is 5.26 Å². The third-order valence-electron chi connectivity index (χ3n) is 2.94. The molecule has 0 amide bonds. The molecular weight excluding hydrogens is 210 g/mol. The third kappa shape index (κ3) is 2.20. The van der Waals surface area contributed by atoms with Crippen molar-refractivity contribution in [3.8, 4) is 6.07 Å². The van der Waals surface area contributed by atoms with Crippen LogP contribution in [0.25, 0.3) is 0 Å². The fourth-order valence-electron chi connectivity index (χ4n) is 1.70. The van der Waals surface area contributed by atoms with Gasteiger partial charge in [0.15, 0.2) is 0 Å². The molecule has 84 valence electrons. The van der Waals surface area contributed by atoms with Gasteiger partial charge in [0.1, 0.15) is 11.6 Å². The predicted octanol–water partition coefficient (Wildman–Crippen LogP) is 2.48.